The van der Waals surface area contributed by atoms with Gasteiger partial charge in [0.2, 0.25) is 0 Å². The van der Waals surface area contributed by atoms with E-state index in [4.69, 9.17) is 14.7 Å². The molecule has 0 N–H and O–H groups in total. The summed E-state index contributed by atoms with van der Waals surface area (Å²) in [7, 11) is 0. The number of hydrogen-bond acceptors (Lipinski definition) is 4. The van der Waals surface area contributed by atoms with Crippen LogP contribution in [-0.4, -0.2) is 9.97 Å². The van der Waals surface area contributed by atoms with Crippen LogP contribution in [-0.2, 0) is 10.8 Å². The predicted molar refractivity (Wildman–Crippen MR) is 222 cm³/mol. The van der Waals surface area contributed by atoms with E-state index >= 15 is 0 Å². The van der Waals surface area contributed by atoms with Gasteiger partial charge >= 0.3 is 0 Å². The van der Waals surface area contributed by atoms with Crippen LogP contribution in [0.25, 0.3) is 66.9 Å². The van der Waals surface area contributed by atoms with Gasteiger partial charge in [0.1, 0.15) is 11.5 Å². The molecule has 2 heterocycles. The van der Waals surface area contributed by atoms with E-state index in [-0.39, 0.29) is 10.8 Å². The fraction of sp³-hybridized carbons (Fsp3) is 0.118. The molecule has 1 aliphatic carbocycles. The molecule has 0 atom stereocenters. The Morgan fingerprint density at radius 2 is 1.11 bits per heavy atom. The average molecular weight is 708 g/mol. The molecule has 0 spiro atoms. The molecule has 0 radical (unpaired) electrons. The van der Waals surface area contributed by atoms with Crippen LogP contribution < -0.4 is 4.74 Å². The second-order valence-electron chi connectivity index (χ2n) is 15.7. The Bertz CT molecular complexity index is 2900. The number of nitriles is 1. The second-order valence-corrected chi connectivity index (χ2v) is 15.7. The molecule has 0 bridgehead atoms. The van der Waals surface area contributed by atoms with Gasteiger partial charge in [-0.25, -0.2) is 9.97 Å². The topological polar surface area (TPSA) is 58.8 Å². The van der Waals surface area contributed by atoms with Crippen LogP contribution in [0, 0.1) is 11.3 Å². The molecule has 0 unspecified atom stereocenters. The molecule has 2 aliphatic rings. The summed E-state index contributed by atoms with van der Waals surface area (Å²) in [6, 6.07) is 55.3. The Balaban J connectivity index is 0.998. The van der Waals surface area contributed by atoms with Gasteiger partial charge in [-0.2, -0.15) is 5.26 Å². The summed E-state index contributed by atoms with van der Waals surface area (Å²) in [5.74, 6) is 2.30. The fourth-order valence-corrected chi connectivity index (χ4v) is 8.91. The van der Waals surface area contributed by atoms with Crippen LogP contribution in [0.3, 0.4) is 0 Å². The van der Waals surface area contributed by atoms with Crippen molar-refractivity contribution in [1.82, 2.24) is 9.97 Å². The van der Waals surface area contributed by atoms with E-state index in [9.17, 15) is 5.26 Å². The zero-order chi connectivity index (χ0) is 37.5. The van der Waals surface area contributed by atoms with Crippen LogP contribution >= 0.6 is 0 Å². The van der Waals surface area contributed by atoms with Crippen molar-refractivity contribution in [2.45, 2.75) is 38.5 Å². The van der Waals surface area contributed by atoms with E-state index in [1.165, 1.54) is 22.3 Å². The lowest BCUT2D eigenvalue weighted by Crippen LogP contribution is -2.25. The van der Waals surface area contributed by atoms with Gasteiger partial charge < -0.3 is 4.74 Å². The molecule has 0 saturated carbocycles. The Hall–Kier alpha value is -6.83. The third kappa shape index (κ3) is 5.12. The van der Waals surface area contributed by atoms with Crippen molar-refractivity contribution in [3.8, 4) is 73.6 Å². The average Bonchev–Trinajstić information content (AvgIpc) is 3.45. The molecule has 0 saturated heterocycles. The van der Waals surface area contributed by atoms with Crippen LogP contribution in [0.4, 0.5) is 0 Å². The molecule has 55 heavy (non-hydrogen) atoms. The minimum Gasteiger partial charge on any atom is -0.457 e. The third-order valence-corrected chi connectivity index (χ3v) is 11.8. The molecule has 8 aromatic rings. The van der Waals surface area contributed by atoms with E-state index in [1.54, 1.807) is 0 Å². The lowest BCUT2D eigenvalue weighted by molar-refractivity contribution is 0.418. The van der Waals surface area contributed by atoms with Gasteiger partial charge in [-0.3, -0.25) is 0 Å². The largest absolute Gasteiger partial charge is 0.457 e. The molecule has 4 nitrogen and oxygen atoms in total. The standard InChI is InChI=1S/C51H37N3O/c1-50(2)41-13-7-5-11-37(41)40-29-36(25-26-42(40)50)49-53-44-15-9-6-12-38(44)48(54-49)35-23-19-33(20-24-35)32-17-21-34(22-18-32)39-27-31(30-52)28-46-47(39)51(3,4)43-14-8-10-16-45(43)55-46/h5-29H,1-4H3. The highest BCUT2D eigenvalue weighted by molar-refractivity contribution is 5.94. The van der Waals surface area contributed by atoms with Gasteiger partial charge in [0.05, 0.1) is 22.8 Å². The minimum atomic E-state index is -0.310. The highest BCUT2D eigenvalue weighted by Crippen LogP contribution is 2.52. The Labute approximate surface area is 321 Å². The molecule has 0 fully saturated rings. The molecule has 1 aromatic heterocycles. The zero-order valence-corrected chi connectivity index (χ0v) is 31.2. The second kappa shape index (κ2) is 12.1. The van der Waals surface area contributed by atoms with E-state index in [1.807, 2.05) is 30.3 Å². The third-order valence-electron chi connectivity index (χ3n) is 11.8. The number of hydrogen-bond donors (Lipinski definition) is 0. The van der Waals surface area contributed by atoms with Gasteiger partial charge in [0.15, 0.2) is 5.82 Å². The zero-order valence-electron chi connectivity index (χ0n) is 31.2. The summed E-state index contributed by atoms with van der Waals surface area (Å²) in [4.78, 5) is 10.3. The van der Waals surface area contributed by atoms with E-state index in [2.05, 4.69) is 155 Å². The molecule has 7 aromatic carbocycles. The molecule has 262 valence electrons. The molecular weight excluding hydrogens is 671 g/mol. The summed E-state index contributed by atoms with van der Waals surface area (Å²) in [5.41, 5.74) is 15.8. The van der Waals surface area contributed by atoms with Gasteiger partial charge in [0, 0.05) is 38.5 Å². The molecule has 0 amide bonds. The first-order valence-electron chi connectivity index (χ1n) is 18.8. The maximum Gasteiger partial charge on any atom is 0.160 e. The molecule has 10 rings (SSSR count). The van der Waals surface area contributed by atoms with E-state index in [0.717, 1.165) is 78.4 Å². The summed E-state index contributed by atoms with van der Waals surface area (Å²) in [6.45, 7) is 9.06. The van der Waals surface area contributed by atoms with Crippen LogP contribution in [0.2, 0.25) is 0 Å². The summed E-state index contributed by atoms with van der Waals surface area (Å²) in [6.07, 6.45) is 0. The van der Waals surface area contributed by atoms with Crippen molar-refractivity contribution in [3.63, 3.8) is 0 Å². The normalized spacial score (nSPS) is 14.2. The van der Waals surface area contributed by atoms with E-state index < -0.39 is 0 Å². The SMILES string of the molecule is CC1(C)c2ccccc2-c2cc(-c3nc(-c4ccc(-c5ccc(-c6cc(C#N)cc7c6C(C)(C)c6ccccc6O7)cc5)cc4)c4ccccc4n3)ccc21. The van der Waals surface area contributed by atoms with Gasteiger partial charge in [0.25, 0.3) is 0 Å². The fourth-order valence-electron chi connectivity index (χ4n) is 8.91. The smallest absolute Gasteiger partial charge is 0.160 e. The first-order chi connectivity index (χ1) is 26.7. The number of fused-ring (bicyclic) bond motifs is 6. The van der Waals surface area contributed by atoms with Crippen molar-refractivity contribution in [1.29, 1.82) is 5.26 Å². The number of rotatable bonds is 4. The van der Waals surface area contributed by atoms with Gasteiger partial charge in [-0.05, 0) is 74.8 Å². The number of benzene rings is 7. The van der Waals surface area contributed by atoms with Crippen molar-refractivity contribution in [2.75, 3.05) is 0 Å². The number of ether oxygens (including phenoxy) is 1. The number of nitrogens with zero attached hydrogens (tertiary/aromatic N) is 3. The first kappa shape index (κ1) is 32.8. The molecule has 4 heteroatoms. The Kier molecular flexibility index (Phi) is 7.21. The Morgan fingerprint density at radius 3 is 1.87 bits per heavy atom. The number of aromatic nitrogens is 2. The summed E-state index contributed by atoms with van der Waals surface area (Å²) in [5, 5.41) is 11.0. The maximum atomic E-state index is 9.93. The number of para-hydroxylation sites is 2. The van der Waals surface area contributed by atoms with Crippen molar-refractivity contribution in [3.05, 3.63) is 179 Å². The Morgan fingerprint density at radius 1 is 0.491 bits per heavy atom. The minimum absolute atomic E-state index is 0.0529. The quantitative estimate of drug-likeness (QED) is 0.183. The van der Waals surface area contributed by atoms with Gasteiger partial charge in [-0.15, -0.1) is 0 Å². The highest BCUT2D eigenvalue weighted by Gasteiger charge is 2.37. The molecule has 1 aliphatic heterocycles. The maximum absolute atomic E-state index is 9.93. The lowest BCUT2D eigenvalue weighted by Gasteiger charge is -2.36. The summed E-state index contributed by atoms with van der Waals surface area (Å²) < 4.78 is 6.40. The van der Waals surface area contributed by atoms with E-state index in [0.29, 0.717) is 5.56 Å². The van der Waals surface area contributed by atoms with Crippen molar-refractivity contribution in [2.24, 2.45) is 0 Å². The lowest BCUT2D eigenvalue weighted by atomic mass is 9.72. The first-order valence-corrected chi connectivity index (χ1v) is 18.8. The highest BCUT2D eigenvalue weighted by atomic mass is 16.5. The van der Waals surface area contributed by atoms with Crippen LogP contribution in [0.15, 0.2) is 152 Å². The molecular formula is C51H37N3O. The van der Waals surface area contributed by atoms with Crippen LogP contribution in [0.5, 0.6) is 11.5 Å². The van der Waals surface area contributed by atoms with Gasteiger partial charge in [-0.1, -0.05) is 149 Å². The predicted octanol–water partition coefficient (Wildman–Crippen LogP) is 12.9. The van der Waals surface area contributed by atoms with Crippen molar-refractivity contribution < 1.29 is 4.74 Å². The van der Waals surface area contributed by atoms with Crippen molar-refractivity contribution >= 4 is 10.9 Å². The summed E-state index contributed by atoms with van der Waals surface area (Å²) >= 11 is 0. The van der Waals surface area contributed by atoms with Crippen LogP contribution in [0.1, 0.15) is 55.5 Å². The monoisotopic (exact) mass is 707 g/mol.